The molecule has 2 N–H and O–H groups in total. The number of anilines is 1. The van der Waals surface area contributed by atoms with Gasteiger partial charge in [-0.25, -0.2) is 4.98 Å². The highest BCUT2D eigenvalue weighted by atomic mass is 35.5. The number of nitrogens with one attached hydrogen (secondary N) is 2. The molecule has 0 saturated carbocycles. The summed E-state index contributed by atoms with van der Waals surface area (Å²) in [6, 6.07) is 10.1. The van der Waals surface area contributed by atoms with Gasteiger partial charge in [0.05, 0.1) is 26.8 Å². The number of carbonyl (C=O) groups excluding carboxylic acids is 1. The minimum atomic E-state index is -0.445. The zero-order chi connectivity index (χ0) is 19.0. The normalized spacial score (nSPS) is 10.9. The number of H-pyrrole nitrogens is 1. The van der Waals surface area contributed by atoms with Gasteiger partial charge in [0.2, 0.25) is 0 Å². The largest absolute Gasteiger partial charge is 0.345 e. The average Bonchev–Trinajstić information content (AvgIpc) is 3.15. The maximum absolute atomic E-state index is 12.8. The molecule has 0 saturated heterocycles. The number of nitrogens with zero attached hydrogens (tertiary/aromatic N) is 2. The van der Waals surface area contributed by atoms with Gasteiger partial charge < -0.3 is 10.3 Å². The zero-order valence-corrected chi connectivity index (χ0v) is 15.9. The van der Waals surface area contributed by atoms with Gasteiger partial charge in [-0.15, -0.1) is 0 Å². The lowest BCUT2D eigenvalue weighted by molar-refractivity contribution is 0.102. The molecule has 0 spiro atoms. The first kappa shape index (κ1) is 17.8. The van der Waals surface area contributed by atoms with Crippen molar-refractivity contribution in [3.8, 4) is 11.4 Å². The summed E-state index contributed by atoms with van der Waals surface area (Å²) in [6.45, 7) is 0. The van der Waals surface area contributed by atoms with Crippen LogP contribution in [0, 0.1) is 0 Å². The van der Waals surface area contributed by atoms with Gasteiger partial charge >= 0.3 is 0 Å². The van der Waals surface area contributed by atoms with E-state index in [1.54, 1.807) is 48.9 Å². The van der Waals surface area contributed by atoms with Crippen molar-refractivity contribution in [1.29, 1.82) is 0 Å². The Morgan fingerprint density at radius 1 is 1.00 bits per heavy atom. The first-order valence-corrected chi connectivity index (χ1v) is 9.01. The molecule has 2 heterocycles. The predicted octanol–water partition coefficient (Wildman–Crippen LogP) is 5.84. The van der Waals surface area contributed by atoms with Crippen molar-refractivity contribution < 1.29 is 4.79 Å². The summed E-state index contributed by atoms with van der Waals surface area (Å²) in [4.78, 5) is 24.5. The number of rotatable bonds is 3. The molecule has 0 aliphatic carbocycles. The Hall–Kier alpha value is -2.60. The monoisotopic (exact) mass is 416 g/mol. The molecule has 0 atom stereocenters. The summed E-state index contributed by atoms with van der Waals surface area (Å²) >= 11 is 18.6. The Labute approximate surface area is 169 Å². The van der Waals surface area contributed by atoms with Crippen LogP contribution in [0.1, 0.15) is 10.4 Å². The van der Waals surface area contributed by atoms with E-state index in [-0.39, 0.29) is 15.6 Å². The summed E-state index contributed by atoms with van der Waals surface area (Å²) in [7, 11) is 0. The Balaban J connectivity index is 1.83. The van der Waals surface area contributed by atoms with Crippen molar-refractivity contribution in [1.82, 2.24) is 15.0 Å². The fourth-order valence-corrected chi connectivity index (χ4v) is 3.62. The number of fused-ring (bicyclic) bond motifs is 1. The van der Waals surface area contributed by atoms with Gasteiger partial charge in [-0.1, -0.05) is 40.9 Å². The first-order chi connectivity index (χ1) is 13.0. The number of hydrogen-bond acceptors (Lipinski definition) is 3. The number of carbonyl (C=O) groups is 1. The van der Waals surface area contributed by atoms with Crippen LogP contribution in [0.25, 0.3) is 22.3 Å². The van der Waals surface area contributed by atoms with Gasteiger partial charge in [-0.2, -0.15) is 0 Å². The van der Waals surface area contributed by atoms with Crippen LogP contribution in [0.4, 0.5) is 5.69 Å². The zero-order valence-electron chi connectivity index (χ0n) is 13.6. The van der Waals surface area contributed by atoms with Crippen LogP contribution >= 0.6 is 34.8 Å². The summed E-state index contributed by atoms with van der Waals surface area (Å²) in [5, 5.41) is 4.53. The third kappa shape index (κ3) is 3.37. The van der Waals surface area contributed by atoms with Gasteiger partial charge in [-0.05, 0) is 30.3 Å². The minimum Gasteiger partial charge on any atom is -0.345 e. The van der Waals surface area contributed by atoms with Crippen molar-refractivity contribution in [2.24, 2.45) is 0 Å². The summed E-state index contributed by atoms with van der Waals surface area (Å²) < 4.78 is 0. The van der Waals surface area contributed by atoms with Crippen molar-refractivity contribution in [3.63, 3.8) is 0 Å². The van der Waals surface area contributed by atoms with Gasteiger partial charge in [0.15, 0.2) is 0 Å². The molecule has 1 amide bonds. The molecular weight excluding hydrogens is 407 g/mol. The molecular formula is C19H11Cl3N4O. The lowest BCUT2D eigenvalue weighted by Crippen LogP contribution is -2.13. The number of halogens is 3. The van der Waals surface area contributed by atoms with E-state index in [2.05, 4.69) is 20.3 Å². The molecule has 27 heavy (non-hydrogen) atoms. The summed E-state index contributed by atoms with van der Waals surface area (Å²) in [5.41, 5.74) is 2.03. The standard InChI is InChI=1S/C19H11Cl3N4O/c20-10-8-12-11(18-24-6-7-25-18)4-5-23-17(12)15(9-10)26-19(27)16-13(21)2-1-3-14(16)22/h1-9H,(H,24,25)(H,26,27). The number of pyridine rings is 1. The quantitative estimate of drug-likeness (QED) is 0.440. The molecule has 8 heteroatoms. The third-order valence-corrected chi connectivity index (χ3v) is 4.85. The number of aromatic amines is 1. The molecule has 4 rings (SSSR count). The topological polar surface area (TPSA) is 70.7 Å². The highest BCUT2D eigenvalue weighted by Crippen LogP contribution is 2.33. The van der Waals surface area contributed by atoms with Crippen LogP contribution in [0.15, 0.2) is 55.0 Å². The lowest BCUT2D eigenvalue weighted by atomic mass is 10.1. The second kappa shape index (κ2) is 7.19. The molecule has 5 nitrogen and oxygen atoms in total. The first-order valence-electron chi connectivity index (χ1n) is 7.88. The Morgan fingerprint density at radius 3 is 2.48 bits per heavy atom. The van der Waals surface area contributed by atoms with E-state index in [0.717, 1.165) is 10.9 Å². The molecule has 4 aromatic rings. The second-order valence-electron chi connectivity index (χ2n) is 5.70. The Bertz CT molecular complexity index is 1140. The van der Waals surface area contributed by atoms with Gasteiger partial charge in [0, 0.05) is 34.6 Å². The third-order valence-electron chi connectivity index (χ3n) is 4.00. The van der Waals surface area contributed by atoms with Gasteiger partial charge in [0.25, 0.3) is 5.91 Å². The minimum absolute atomic E-state index is 0.191. The highest BCUT2D eigenvalue weighted by Gasteiger charge is 2.18. The summed E-state index contributed by atoms with van der Waals surface area (Å²) in [5.74, 6) is 0.232. The molecule has 0 aliphatic heterocycles. The molecule has 0 fully saturated rings. The van der Waals surface area contributed by atoms with Crippen molar-refractivity contribution >= 4 is 57.3 Å². The molecule has 134 valence electrons. The lowest BCUT2D eigenvalue weighted by Gasteiger charge is -2.12. The summed E-state index contributed by atoms with van der Waals surface area (Å²) in [6.07, 6.45) is 5.04. The van der Waals surface area contributed by atoms with Crippen molar-refractivity contribution in [3.05, 3.63) is 75.6 Å². The Morgan fingerprint density at radius 2 is 1.78 bits per heavy atom. The Kier molecular flexibility index (Phi) is 4.74. The van der Waals surface area contributed by atoms with Crippen molar-refractivity contribution in [2.75, 3.05) is 5.32 Å². The van der Waals surface area contributed by atoms with Crippen LogP contribution in [0.2, 0.25) is 15.1 Å². The van der Waals surface area contributed by atoms with E-state index < -0.39 is 5.91 Å². The predicted molar refractivity (Wildman–Crippen MR) is 109 cm³/mol. The van der Waals surface area contributed by atoms with E-state index in [9.17, 15) is 4.79 Å². The highest BCUT2D eigenvalue weighted by molar-refractivity contribution is 6.40. The van der Waals surface area contributed by atoms with E-state index in [1.807, 2.05) is 6.07 Å². The number of amides is 1. The number of benzene rings is 2. The molecule has 2 aromatic heterocycles. The number of aromatic nitrogens is 3. The smallest absolute Gasteiger partial charge is 0.258 e. The van der Waals surface area contributed by atoms with E-state index in [0.29, 0.717) is 22.1 Å². The van der Waals surface area contributed by atoms with E-state index in [4.69, 9.17) is 34.8 Å². The fourth-order valence-electron chi connectivity index (χ4n) is 2.83. The molecule has 0 unspecified atom stereocenters. The van der Waals surface area contributed by atoms with E-state index >= 15 is 0 Å². The molecule has 0 bridgehead atoms. The molecule has 0 aliphatic rings. The molecule has 2 aromatic carbocycles. The van der Waals surface area contributed by atoms with Gasteiger partial charge in [-0.3, -0.25) is 9.78 Å². The molecule has 0 radical (unpaired) electrons. The maximum atomic E-state index is 12.8. The van der Waals surface area contributed by atoms with Crippen LogP contribution < -0.4 is 5.32 Å². The van der Waals surface area contributed by atoms with Gasteiger partial charge in [0.1, 0.15) is 5.82 Å². The second-order valence-corrected chi connectivity index (χ2v) is 6.95. The number of imidazole rings is 1. The number of hydrogen-bond donors (Lipinski definition) is 2. The maximum Gasteiger partial charge on any atom is 0.258 e. The van der Waals surface area contributed by atoms with Crippen LogP contribution in [-0.2, 0) is 0 Å². The average molecular weight is 418 g/mol. The van der Waals surface area contributed by atoms with Crippen molar-refractivity contribution in [2.45, 2.75) is 0 Å². The fraction of sp³-hybridized carbons (Fsp3) is 0. The van der Waals surface area contributed by atoms with Crippen LogP contribution in [0.5, 0.6) is 0 Å². The van der Waals surface area contributed by atoms with E-state index in [1.165, 1.54) is 0 Å². The van der Waals surface area contributed by atoms with Crippen LogP contribution in [-0.4, -0.2) is 20.9 Å². The SMILES string of the molecule is O=C(Nc1cc(Cl)cc2c(-c3ncc[nH]3)ccnc12)c1c(Cl)cccc1Cl. The van der Waals surface area contributed by atoms with Crippen LogP contribution in [0.3, 0.4) is 0 Å².